The summed E-state index contributed by atoms with van der Waals surface area (Å²) >= 11 is 0. The number of halogens is 1. The first-order chi connectivity index (χ1) is 15.5. The molecule has 3 heterocycles. The van der Waals surface area contributed by atoms with E-state index in [0.29, 0.717) is 19.5 Å². The van der Waals surface area contributed by atoms with Crippen LogP contribution in [0, 0.1) is 19.3 Å². The van der Waals surface area contributed by atoms with E-state index >= 15 is 0 Å². The number of carbonyl (C=O) groups excluding carboxylic acids is 1. The number of esters is 1. The van der Waals surface area contributed by atoms with Crippen LogP contribution >= 0.6 is 0 Å². The maximum Gasteiger partial charge on any atom is 0.306 e. The summed E-state index contributed by atoms with van der Waals surface area (Å²) in [7, 11) is 1.43. The van der Waals surface area contributed by atoms with Crippen molar-refractivity contribution in [2.24, 2.45) is 5.41 Å². The van der Waals surface area contributed by atoms with Crippen molar-refractivity contribution in [2.45, 2.75) is 58.5 Å². The standard InChI is InChI=1S/C26H37FN4O2/c1-17-7-18(2)31(29-17)22-9-19(8-21(11-22)25(3,4)5)20(10-24(32)33-6)13-30-15-26(16-30)14-28-12-23(26)27/h7-9,11,20,23,28H,10,12-16H2,1-6H3/t20-,23?/m1/s1. The van der Waals surface area contributed by atoms with Gasteiger partial charge in [0.25, 0.3) is 0 Å². The van der Waals surface area contributed by atoms with Crippen LogP contribution in [0.1, 0.15) is 55.6 Å². The minimum absolute atomic E-state index is 0.0414. The number of alkyl halides is 1. The van der Waals surface area contributed by atoms with Crippen LogP contribution in [0.5, 0.6) is 0 Å². The van der Waals surface area contributed by atoms with E-state index in [0.717, 1.165) is 42.3 Å². The Bertz CT molecular complexity index is 1020. The number of nitrogens with one attached hydrogen (secondary N) is 1. The van der Waals surface area contributed by atoms with Gasteiger partial charge in [0.2, 0.25) is 0 Å². The number of aromatic nitrogens is 2. The molecule has 7 heteroatoms. The molecule has 1 aromatic heterocycles. The molecule has 1 aromatic carbocycles. The lowest BCUT2D eigenvalue weighted by molar-refractivity contribution is -0.141. The Labute approximate surface area is 196 Å². The van der Waals surface area contributed by atoms with E-state index in [9.17, 15) is 9.18 Å². The normalized spacial score (nSPS) is 21.2. The lowest BCUT2D eigenvalue weighted by Gasteiger charge is -2.50. The van der Waals surface area contributed by atoms with Crippen molar-refractivity contribution >= 4 is 5.97 Å². The third-order valence-corrected chi connectivity index (χ3v) is 7.19. The molecule has 0 amide bonds. The molecule has 0 aliphatic carbocycles. The third kappa shape index (κ3) is 4.85. The van der Waals surface area contributed by atoms with E-state index in [2.05, 4.69) is 62.2 Å². The molecule has 33 heavy (non-hydrogen) atoms. The fraction of sp³-hybridized carbons (Fsp3) is 0.615. The average Bonchev–Trinajstić information content (AvgIpc) is 3.27. The second kappa shape index (κ2) is 8.84. The highest BCUT2D eigenvalue weighted by Gasteiger charge is 2.52. The molecule has 0 bridgehead atoms. The molecule has 2 aliphatic rings. The van der Waals surface area contributed by atoms with Crippen LogP contribution in [0.3, 0.4) is 0 Å². The minimum atomic E-state index is -0.797. The van der Waals surface area contributed by atoms with Gasteiger partial charge in [-0.25, -0.2) is 9.07 Å². The highest BCUT2D eigenvalue weighted by atomic mass is 19.1. The Morgan fingerprint density at radius 1 is 1.27 bits per heavy atom. The van der Waals surface area contributed by atoms with Gasteiger partial charge < -0.3 is 15.0 Å². The van der Waals surface area contributed by atoms with E-state index in [1.807, 2.05) is 11.6 Å². The van der Waals surface area contributed by atoms with Crippen LogP contribution in [0.15, 0.2) is 24.3 Å². The van der Waals surface area contributed by atoms with Crippen LogP contribution in [-0.4, -0.2) is 66.7 Å². The van der Waals surface area contributed by atoms with E-state index in [1.54, 1.807) is 0 Å². The first kappa shape index (κ1) is 23.9. The molecule has 1 spiro atoms. The predicted octanol–water partition coefficient (Wildman–Crippen LogP) is 3.68. The smallest absolute Gasteiger partial charge is 0.306 e. The molecule has 6 nitrogen and oxygen atoms in total. The van der Waals surface area contributed by atoms with Crippen LogP contribution < -0.4 is 5.32 Å². The number of rotatable bonds is 6. The van der Waals surface area contributed by atoms with E-state index in [-0.39, 0.29) is 22.7 Å². The zero-order valence-electron chi connectivity index (χ0n) is 20.7. The topological polar surface area (TPSA) is 59.4 Å². The van der Waals surface area contributed by atoms with Crippen LogP contribution in [0.2, 0.25) is 0 Å². The maximum absolute atomic E-state index is 14.4. The number of aryl methyl sites for hydroxylation is 2. The first-order valence-electron chi connectivity index (χ1n) is 11.8. The number of hydrogen-bond donors (Lipinski definition) is 1. The number of methoxy groups -OCH3 is 1. The first-order valence-corrected chi connectivity index (χ1v) is 11.8. The number of carbonyl (C=O) groups is 1. The summed E-state index contributed by atoms with van der Waals surface area (Å²) in [6.45, 7) is 14.0. The quantitative estimate of drug-likeness (QED) is 0.672. The summed E-state index contributed by atoms with van der Waals surface area (Å²) in [5, 5.41) is 7.88. The predicted molar refractivity (Wildman–Crippen MR) is 128 cm³/mol. The van der Waals surface area contributed by atoms with Crippen molar-refractivity contribution in [3.63, 3.8) is 0 Å². The Hall–Kier alpha value is -2.25. The van der Waals surface area contributed by atoms with Gasteiger partial charge in [-0.3, -0.25) is 4.79 Å². The van der Waals surface area contributed by atoms with E-state index in [4.69, 9.17) is 9.84 Å². The van der Waals surface area contributed by atoms with Crippen LogP contribution in [0.25, 0.3) is 5.69 Å². The Morgan fingerprint density at radius 2 is 2.00 bits per heavy atom. The molecule has 2 atom stereocenters. The molecule has 1 N–H and O–H groups in total. The molecule has 4 rings (SSSR count). The van der Waals surface area contributed by atoms with Gasteiger partial charge in [0.05, 0.1) is 24.9 Å². The third-order valence-electron chi connectivity index (χ3n) is 7.19. The average molecular weight is 457 g/mol. The number of nitrogens with zero attached hydrogens (tertiary/aromatic N) is 3. The molecular formula is C26H37FN4O2. The summed E-state index contributed by atoms with van der Waals surface area (Å²) < 4.78 is 21.4. The molecule has 1 unspecified atom stereocenters. The summed E-state index contributed by atoms with van der Waals surface area (Å²) in [5.74, 6) is -0.268. The Morgan fingerprint density at radius 3 is 2.55 bits per heavy atom. The lowest BCUT2D eigenvalue weighted by Crippen LogP contribution is -2.61. The molecule has 0 saturated carbocycles. The van der Waals surface area contributed by atoms with Gasteiger partial charge in [0.15, 0.2) is 0 Å². The second-order valence-corrected chi connectivity index (χ2v) is 11.0. The molecule has 2 fully saturated rings. The summed E-state index contributed by atoms with van der Waals surface area (Å²) in [6, 6.07) is 8.62. The molecule has 2 aliphatic heterocycles. The summed E-state index contributed by atoms with van der Waals surface area (Å²) in [6.07, 6.45) is -0.504. The zero-order chi connectivity index (χ0) is 24.0. The lowest BCUT2D eigenvalue weighted by atomic mass is 9.76. The molecule has 180 valence electrons. The summed E-state index contributed by atoms with van der Waals surface area (Å²) in [4.78, 5) is 14.6. The molecular weight excluding hydrogens is 419 g/mol. The minimum Gasteiger partial charge on any atom is -0.469 e. The van der Waals surface area contributed by atoms with E-state index < -0.39 is 6.17 Å². The largest absolute Gasteiger partial charge is 0.469 e. The monoisotopic (exact) mass is 456 g/mol. The number of likely N-dealkylation sites (tertiary alicyclic amines) is 1. The number of benzene rings is 1. The second-order valence-electron chi connectivity index (χ2n) is 11.0. The highest BCUT2D eigenvalue weighted by Crippen LogP contribution is 2.40. The van der Waals surface area contributed by atoms with Crippen molar-refractivity contribution in [1.29, 1.82) is 0 Å². The van der Waals surface area contributed by atoms with Crippen molar-refractivity contribution < 1.29 is 13.9 Å². The Balaban J connectivity index is 1.67. The summed E-state index contributed by atoms with van der Waals surface area (Å²) in [5.41, 5.74) is 5.01. The fourth-order valence-corrected chi connectivity index (χ4v) is 5.26. The number of hydrogen-bond acceptors (Lipinski definition) is 5. The van der Waals surface area contributed by atoms with Gasteiger partial charge in [-0.15, -0.1) is 0 Å². The molecule has 2 aromatic rings. The highest BCUT2D eigenvalue weighted by molar-refractivity contribution is 5.70. The van der Waals surface area contributed by atoms with Gasteiger partial charge in [-0.2, -0.15) is 5.10 Å². The van der Waals surface area contributed by atoms with Crippen LogP contribution in [0.4, 0.5) is 4.39 Å². The van der Waals surface area contributed by atoms with Gasteiger partial charge in [-0.05, 0) is 48.6 Å². The van der Waals surface area contributed by atoms with Crippen molar-refractivity contribution in [1.82, 2.24) is 20.0 Å². The number of ether oxygens (including phenoxy) is 1. The Kier molecular flexibility index (Phi) is 6.40. The molecule has 2 saturated heterocycles. The van der Waals surface area contributed by atoms with Gasteiger partial charge in [-0.1, -0.05) is 26.8 Å². The molecule has 0 radical (unpaired) electrons. The van der Waals surface area contributed by atoms with Crippen molar-refractivity contribution in [2.75, 3.05) is 39.8 Å². The van der Waals surface area contributed by atoms with Crippen molar-refractivity contribution in [3.05, 3.63) is 46.8 Å². The van der Waals surface area contributed by atoms with Gasteiger partial charge >= 0.3 is 5.97 Å². The fourth-order valence-electron chi connectivity index (χ4n) is 5.26. The van der Waals surface area contributed by atoms with Crippen LogP contribution in [-0.2, 0) is 14.9 Å². The maximum atomic E-state index is 14.4. The van der Waals surface area contributed by atoms with Gasteiger partial charge in [0, 0.05) is 49.8 Å². The van der Waals surface area contributed by atoms with Crippen molar-refractivity contribution in [3.8, 4) is 5.69 Å². The zero-order valence-corrected chi connectivity index (χ0v) is 20.7. The van der Waals surface area contributed by atoms with Gasteiger partial charge in [0.1, 0.15) is 6.17 Å². The van der Waals surface area contributed by atoms with E-state index in [1.165, 1.54) is 12.7 Å². The SMILES string of the molecule is COC(=O)C[C@H](CN1CC2(CNCC2F)C1)c1cc(-n2nc(C)cc2C)cc(C(C)(C)C)c1.